The Bertz CT molecular complexity index is 677. The van der Waals surface area contributed by atoms with Crippen LogP contribution < -0.4 is 5.32 Å². The van der Waals surface area contributed by atoms with Crippen LogP contribution in [0.1, 0.15) is 25.3 Å². The van der Waals surface area contributed by atoms with Crippen molar-refractivity contribution in [2.75, 3.05) is 18.5 Å². The molecule has 2 atom stereocenters. The van der Waals surface area contributed by atoms with Gasteiger partial charge in [0, 0.05) is 24.5 Å². The molecule has 0 spiro atoms. The fourth-order valence-electron chi connectivity index (χ4n) is 2.97. The molecular weight excluding hydrogens is 262 g/mol. The highest BCUT2D eigenvalue weighted by Crippen LogP contribution is 2.25. The van der Waals surface area contributed by atoms with Gasteiger partial charge >= 0.3 is 0 Å². The lowest BCUT2D eigenvalue weighted by Gasteiger charge is -2.17. The topological polar surface area (TPSA) is 57.9 Å². The lowest BCUT2D eigenvalue weighted by molar-refractivity contribution is 0.0900. The van der Waals surface area contributed by atoms with Gasteiger partial charge in [0.15, 0.2) is 0 Å². The van der Waals surface area contributed by atoms with Crippen molar-refractivity contribution >= 4 is 16.7 Å². The summed E-state index contributed by atoms with van der Waals surface area (Å²) >= 11 is 0. The Labute approximate surface area is 124 Å². The van der Waals surface area contributed by atoms with Crippen LogP contribution in [-0.2, 0) is 4.74 Å². The van der Waals surface area contributed by atoms with Gasteiger partial charge in [-0.2, -0.15) is 5.26 Å². The van der Waals surface area contributed by atoms with Crippen molar-refractivity contribution in [1.82, 2.24) is 4.98 Å². The molecule has 1 aliphatic heterocycles. The predicted molar refractivity (Wildman–Crippen MR) is 83.1 cm³/mol. The van der Waals surface area contributed by atoms with Crippen molar-refractivity contribution < 1.29 is 4.74 Å². The van der Waals surface area contributed by atoms with Gasteiger partial charge in [-0.25, -0.2) is 4.98 Å². The maximum absolute atomic E-state index is 9.29. The van der Waals surface area contributed by atoms with Crippen molar-refractivity contribution in [3.05, 3.63) is 35.9 Å². The number of nitrogens with zero attached hydrogens (tertiary/aromatic N) is 2. The molecule has 2 unspecified atom stereocenters. The van der Waals surface area contributed by atoms with Gasteiger partial charge in [-0.1, -0.05) is 25.1 Å². The highest BCUT2D eigenvalue weighted by Gasteiger charge is 2.26. The molecule has 1 N–H and O–H groups in total. The third-order valence-electron chi connectivity index (χ3n) is 4.13. The summed E-state index contributed by atoms with van der Waals surface area (Å²) in [6.07, 6.45) is 2.47. The van der Waals surface area contributed by atoms with Crippen LogP contribution in [0.15, 0.2) is 30.3 Å². The monoisotopic (exact) mass is 281 g/mol. The summed E-state index contributed by atoms with van der Waals surface area (Å²) in [7, 11) is 0. The number of para-hydroxylation sites is 1. The Morgan fingerprint density at radius 1 is 1.43 bits per heavy atom. The fraction of sp³-hybridized carbons (Fsp3) is 0.412. The molecule has 0 radical (unpaired) electrons. The minimum Gasteiger partial charge on any atom is -0.378 e. The number of hydrogen-bond acceptors (Lipinski definition) is 4. The smallest absolute Gasteiger partial charge is 0.127 e. The lowest BCUT2D eigenvalue weighted by atomic mass is 10.00. The van der Waals surface area contributed by atoms with Crippen molar-refractivity contribution in [1.29, 1.82) is 5.26 Å². The van der Waals surface area contributed by atoms with E-state index in [4.69, 9.17) is 4.74 Å². The molecular formula is C17H19N3O. The third kappa shape index (κ3) is 2.84. The number of aromatic nitrogens is 1. The number of benzene rings is 1. The molecule has 2 heterocycles. The van der Waals surface area contributed by atoms with Gasteiger partial charge in [-0.3, -0.25) is 0 Å². The number of nitriles is 1. The highest BCUT2D eigenvalue weighted by atomic mass is 16.5. The number of fused-ring (bicyclic) bond motifs is 1. The Kier molecular flexibility index (Phi) is 4.03. The maximum Gasteiger partial charge on any atom is 0.127 e. The molecule has 0 aliphatic carbocycles. The lowest BCUT2D eigenvalue weighted by Crippen LogP contribution is -2.23. The first kappa shape index (κ1) is 13.8. The Balaban J connectivity index is 1.80. The Morgan fingerprint density at radius 3 is 3.10 bits per heavy atom. The first-order valence-corrected chi connectivity index (χ1v) is 7.47. The molecule has 1 aromatic heterocycles. The predicted octanol–water partition coefficient (Wildman–Crippen LogP) is 3.33. The molecule has 0 saturated carbocycles. The largest absolute Gasteiger partial charge is 0.378 e. The average molecular weight is 281 g/mol. The van der Waals surface area contributed by atoms with Crippen molar-refractivity contribution in [3.8, 4) is 6.07 Å². The van der Waals surface area contributed by atoms with Crippen LogP contribution in [-0.4, -0.2) is 24.2 Å². The summed E-state index contributed by atoms with van der Waals surface area (Å²) in [6, 6.07) is 11.8. The molecule has 1 fully saturated rings. The van der Waals surface area contributed by atoms with Gasteiger partial charge in [0.2, 0.25) is 0 Å². The Hall–Kier alpha value is -2.12. The molecule has 3 rings (SSSR count). The third-order valence-corrected chi connectivity index (χ3v) is 4.13. The van der Waals surface area contributed by atoms with Crippen LogP contribution in [0, 0.1) is 17.2 Å². The zero-order valence-electron chi connectivity index (χ0n) is 12.2. The Morgan fingerprint density at radius 2 is 2.29 bits per heavy atom. The molecule has 4 heteroatoms. The summed E-state index contributed by atoms with van der Waals surface area (Å²) in [4.78, 5) is 4.59. The van der Waals surface area contributed by atoms with E-state index in [9.17, 15) is 5.26 Å². The van der Waals surface area contributed by atoms with E-state index in [0.29, 0.717) is 17.6 Å². The fourth-order valence-corrected chi connectivity index (χ4v) is 2.97. The van der Waals surface area contributed by atoms with E-state index in [-0.39, 0.29) is 0 Å². The van der Waals surface area contributed by atoms with Crippen LogP contribution in [0.4, 0.5) is 5.82 Å². The number of pyridine rings is 1. The van der Waals surface area contributed by atoms with Crippen LogP contribution in [0.5, 0.6) is 0 Å². The second-order valence-electron chi connectivity index (χ2n) is 5.43. The van der Waals surface area contributed by atoms with E-state index in [2.05, 4.69) is 23.3 Å². The number of hydrogen-bond donors (Lipinski definition) is 1. The summed E-state index contributed by atoms with van der Waals surface area (Å²) in [5.41, 5.74) is 1.52. The summed E-state index contributed by atoms with van der Waals surface area (Å²) in [6.45, 7) is 3.85. The standard InChI is InChI=1S/C17H19N3O/c1-2-16-12(7-8-21-16)11-19-17-9-13(10-18)14-5-3-4-6-15(14)20-17/h3-6,9,12,16H,2,7-8,11H2,1H3,(H,19,20). The normalized spacial score (nSPS) is 21.3. The number of nitrogens with one attached hydrogen (secondary N) is 1. The van der Waals surface area contributed by atoms with Crippen molar-refractivity contribution in [2.45, 2.75) is 25.9 Å². The molecule has 21 heavy (non-hydrogen) atoms. The number of ether oxygens (including phenoxy) is 1. The maximum atomic E-state index is 9.29. The van der Waals surface area contributed by atoms with E-state index in [1.54, 1.807) is 0 Å². The van der Waals surface area contributed by atoms with Gasteiger partial charge in [0.05, 0.1) is 23.3 Å². The molecule has 1 aliphatic rings. The number of anilines is 1. The van der Waals surface area contributed by atoms with E-state index >= 15 is 0 Å². The number of rotatable bonds is 4. The SMILES string of the molecule is CCC1OCCC1CNc1cc(C#N)c2ccccc2n1. The van der Waals surface area contributed by atoms with E-state index in [1.165, 1.54) is 0 Å². The zero-order valence-corrected chi connectivity index (χ0v) is 12.2. The van der Waals surface area contributed by atoms with Gasteiger partial charge in [0.1, 0.15) is 5.82 Å². The zero-order chi connectivity index (χ0) is 14.7. The van der Waals surface area contributed by atoms with Gasteiger partial charge in [-0.15, -0.1) is 0 Å². The van der Waals surface area contributed by atoms with Crippen LogP contribution in [0.25, 0.3) is 10.9 Å². The van der Waals surface area contributed by atoms with Crippen molar-refractivity contribution in [2.24, 2.45) is 5.92 Å². The minimum atomic E-state index is 0.341. The van der Waals surface area contributed by atoms with Crippen LogP contribution >= 0.6 is 0 Å². The summed E-state index contributed by atoms with van der Waals surface area (Å²) < 4.78 is 5.71. The van der Waals surface area contributed by atoms with E-state index < -0.39 is 0 Å². The van der Waals surface area contributed by atoms with Crippen molar-refractivity contribution in [3.63, 3.8) is 0 Å². The molecule has 1 saturated heterocycles. The van der Waals surface area contributed by atoms with Gasteiger partial charge < -0.3 is 10.1 Å². The molecule has 2 aromatic rings. The first-order chi connectivity index (χ1) is 10.3. The second-order valence-corrected chi connectivity index (χ2v) is 5.43. The highest BCUT2D eigenvalue weighted by molar-refractivity contribution is 5.86. The van der Waals surface area contributed by atoms with Crippen LogP contribution in [0.2, 0.25) is 0 Å². The molecule has 108 valence electrons. The molecule has 0 bridgehead atoms. The summed E-state index contributed by atoms with van der Waals surface area (Å²) in [5.74, 6) is 1.29. The summed E-state index contributed by atoms with van der Waals surface area (Å²) in [5, 5.41) is 13.6. The van der Waals surface area contributed by atoms with E-state index in [1.807, 2.05) is 30.3 Å². The van der Waals surface area contributed by atoms with Gasteiger partial charge in [0.25, 0.3) is 0 Å². The van der Waals surface area contributed by atoms with Crippen LogP contribution in [0.3, 0.4) is 0 Å². The van der Waals surface area contributed by atoms with E-state index in [0.717, 1.165) is 42.7 Å². The second kappa shape index (κ2) is 6.11. The molecule has 1 aromatic carbocycles. The molecule has 4 nitrogen and oxygen atoms in total. The minimum absolute atomic E-state index is 0.341. The molecule has 0 amide bonds. The quantitative estimate of drug-likeness (QED) is 0.934. The first-order valence-electron chi connectivity index (χ1n) is 7.47. The van der Waals surface area contributed by atoms with Gasteiger partial charge in [-0.05, 0) is 25.0 Å². The average Bonchev–Trinajstić information content (AvgIpc) is 2.99.